The van der Waals surface area contributed by atoms with Gasteiger partial charge in [-0.05, 0) is 72.4 Å². The zero-order chi connectivity index (χ0) is 22.4. The Morgan fingerprint density at radius 1 is 1.26 bits per heavy atom. The Morgan fingerprint density at radius 2 is 2.06 bits per heavy atom. The molecule has 162 valence electrons. The summed E-state index contributed by atoms with van der Waals surface area (Å²) in [5.41, 5.74) is 10.3. The normalized spacial score (nSPS) is 11.5. The van der Waals surface area contributed by atoms with Crippen LogP contribution in [0.15, 0.2) is 57.5 Å². The van der Waals surface area contributed by atoms with Crippen LogP contribution >= 0.6 is 15.9 Å². The van der Waals surface area contributed by atoms with E-state index in [2.05, 4.69) is 58.5 Å². The van der Waals surface area contributed by atoms with Crippen LogP contribution in [0.25, 0.3) is 5.57 Å². The van der Waals surface area contributed by atoms with E-state index in [4.69, 9.17) is 10.3 Å². The van der Waals surface area contributed by atoms with Crippen LogP contribution in [0.4, 0.5) is 10.1 Å². The zero-order valence-corrected chi connectivity index (χ0v) is 19.1. The molecule has 0 saturated carbocycles. The maximum atomic E-state index is 13.9. The van der Waals surface area contributed by atoms with E-state index in [-0.39, 0.29) is 23.8 Å². The van der Waals surface area contributed by atoms with Gasteiger partial charge in [-0.2, -0.15) is 0 Å². The lowest BCUT2D eigenvalue weighted by Crippen LogP contribution is -2.25. The predicted molar refractivity (Wildman–Crippen MR) is 124 cm³/mol. The second-order valence-electron chi connectivity index (χ2n) is 7.31. The summed E-state index contributed by atoms with van der Waals surface area (Å²) >= 11 is 3.53. The molecule has 0 radical (unpaired) electrons. The van der Waals surface area contributed by atoms with Gasteiger partial charge < -0.3 is 15.6 Å². The Morgan fingerprint density at radius 3 is 2.84 bits per heavy atom. The molecule has 7 heteroatoms. The first-order valence-electron chi connectivity index (χ1n) is 10.1. The van der Waals surface area contributed by atoms with Crippen LogP contribution in [-0.4, -0.2) is 17.6 Å². The molecule has 31 heavy (non-hydrogen) atoms. The number of nitrogens with zero attached hydrogens (tertiary/aromatic N) is 1. The van der Waals surface area contributed by atoms with E-state index < -0.39 is 0 Å². The molecule has 1 heterocycles. The SMILES string of the molecule is CC/C=C(/CCNC(=O)c1cc(Cc2cc(N)ccc2F)on1)c1cc(Br)ccc1C. The fraction of sp³-hybridized carbons (Fsp3) is 0.250. The van der Waals surface area contributed by atoms with E-state index in [1.54, 1.807) is 6.07 Å². The number of hydrogen-bond donors (Lipinski definition) is 2. The molecule has 1 aromatic heterocycles. The summed E-state index contributed by atoms with van der Waals surface area (Å²) in [4.78, 5) is 12.5. The number of nitrogens with two attached hydrogens (primary N) is 1. The molecule has 1 amide bonds. The molecule has 3 N–H and O–H groups in total. The van der Waals surface area contributed by atoms with Gasteiger partial charge in [0, 0.05) is 29.2 Å². The second kappa shape index (κ2) is 10.4. The number of carbonyl (C=O) groups is 1. The highest BCUT2D eigenvalue weighted by Crippen LogP contribution is 2.26. The van der Waals surface area contributed by atoms with Crippen molar-refractivity contribution in [1.29, 1.82) is 0 Å². The molecular weight excluding hydrogens is 461 g/mol. The van der Waals surface area contributed by atoms with Crippen LogP contribution in [0.2, 0.25) is 0 Å². The molecule has 0 bridgehead atoms. The largest absolute Gasteiger partial charge is 0.399 e. The minimum absolute atomic E-state index is 0.166. The summed E-state index contributed by atoms with van der Waals surface area (Å²) in [5, 5.41) is 6.70. The van der Waals surface area contributed by atoms with E-state index in [1.807, 2.05) is 6.07 Å². The number of carbonyl (C=O) groups excluding carboxylic acids is 1. The van der Waals surface area contributed by atoms with Crippen molar-refractivity contribution in [3.05, 3.63) is 87.0 Å². The smallest absolute Gasteiger partial charge is 0.273 e. The topological polar surface area (TPSA) is 81.2 Å². The quantitative estimate of drug-likeness (QED) is 0.402. The van der Waals surface area contributed by atoms with E-state index in [1.165, 1.54) is 34.9 Å². The molecule has 0 aliphatic heterocycles. The number of nitrogens with one attached hydrogen (secondary N) is 1. The van der Waals surface area contributed by atoms with E-state index >= 15 is 0 Å². The van der Waals surface area contributed by atoms with Crippen molar-refractivity contribution in [2.45, 2.75) is 33.1 Å². The third-order valence-corrected chi connectivity index (χ3v) is 5.40. The van der Waals surface area contributed by atoms with Crippen LogP contribution in [0.5, 0.6) is 0 Å². The summed E-state index contributed by atoms with van der Waals surface area (Å²) < 4.78 is 20.1. The minimum atomic E-state index is -0.380. The van der Waals surface area contributed by atoms with Gasteiger partial charge in [0.2, 0.25) is 0 Å². The Bertz CT molecular complexity index is 1110. The number of hydrogen-bond acceptors (Lipinski definition) is 4. The molecule has 5 nitrogen and oxygen atoms in total. The van der Waals surface area contributed by atoms with Gasteiger partial charge in [-0.3, -0.25) is 4.79 Å². The van der Waals surface area contributed by atoms with Crippen molar-refractivity contribution in [3.8, 4) is 0 Å². The molecule has 0 fully saturated rings. The lowest BCUT2D eigenvalue weighted by molar-refractivity contribution is 0.0945. The summed E-state index contributed by atoms with van der Waals surface area (Å²) in [6.45, 7) is 4.62. The Balaban J connectivity index is 1.61. The summed E-state index contributed by atoms with van der Waals surface area (Å²) in [6, 6.07) is 12.1. The maximum absolute atomic E-state index is 13.9. The molecular formula is C24H25BrFN3O2. The first-order valence-corrected chi connectivity index (χ1v) is 10.9. The highest BCUT2D eigenvalue weighted by atomic mass is 79.9. The average Bonchev–Trinajstić information content (AvgIpc) is 3.20. The van der Waals surface area contributed by atoms with Gasteiger partial charge in [0.25, 0.3) is 5.91 Å². The molecule has 3 rings (SSSR count). The number of anilines is 1. The summed E-state index contributed by atoms with van der Waals surface area (Å²) in [7, 11) is 0. The minimum Gasteiger partial charge on any atom is -0.399 e. The summed E-state index contributed by atoms with van der Waals surface area (Å²) in [6.07, 6.45) is 3.94. The van der Waals surface area contributed by atoms with Crippen LogP contribution in [0.1, 0.15) is 52.7 Å². The highest BCUT2D eigenvalue weighted by Gasteiger charge is 2.15. The number of nitrogen functional groups attached to an aromatic ring is 1. The standard InChI is InChI=1S/C24H25BrFN3O2/c1-3-4-16(21-13-18(25)6-5-15(21)2)9-10-28-24(30)23-14-20(31-29-23)12-17-11-19(27)7-8-22(17)26/h4-8,11,13-14H,3,9-10,12,27H2,1-2H3,(H,28,30)/b16-4-. The number of allylic oxidation sites excluding steroid dienone is 1. The lowest BCUT2D eigenvalue weighted by Gasteiger charge is -2.12. The molecule has 0 spiro atoms. The second-order valence-corrected chi connectivity index (χ2v) is 8.22. The number of rotatable bonds is 8. The van der Waals surface area contributed by atoms with Crippen molar-refractivity contribution in [3.63, 3.8) is 0 Å². The Kier molecular flexibility index (Phi) is 7.63. The molecule has 0 unspecified atom stereocenters. The number of aromatic nitrogens is 1. The first-order chi connectivity index (χ1) is 14.9. The molecule has 0 aliphatic rings. The number of halogens is 2. The van der Waals surface area contributed by atoms with Gasteiger partial charge in [-0.1, -0.05) is 40.2 Å². The lowest BCUT2D eigenvalue weighted by atomic mass is 9.97. The molecule has 2 aromatic carbocycles. The number of aryl methyl sites for hydroxylation is 1. The van der Waals surface area contributed by atoms with Crippen LogP contribution in [0.3, 0.4) is 0 Å². The van der Waals surface area contributed by atoms with E-state index in [9.17, 15) is 9.18 Å². The van der Waals surface area contributed by atoms with E-state index in [0.717, 1.165) is 10.9 Å². The maximum Gasteiger partial charge on any atom is 0.273 e. The third kappa shape index (κ3) is 6.04. The molecule has 3 aromatic rings. The van der Waals surface area contributed by atoms with Gasteiger partial charge >= 0.3 is 0 Å². The van der Waals surface area contributed by atoms with Crippen LogP contribution < -0.4 is 11.1 Å². The number of amides is 1. The van der Waals surface area contributed by atoms with Crippen molar-refractivity contribution >= 4 is 33.1 Å². The average molecular weight is 486 g/mol. The summed E-state index contributed by atoms with van der Waals surface area (Å²) in [5.74, 6) is -0.314. The predicted octanol–water partition coefficient (Wildman–Crippen LogP) is 5.67. The highest BCUT2D eigenvalue weighted by molar-refractivity contribution is 9.10. The van der Waals surface area contributed by atoms with Crippen molar-refractivity contribution in [2.75, 3.05) is 12.3 Å². The van der Waals surface area contributed by atoms with Gasteiger partial charge in [0.1, 0.15) is 11.6 Å². The molecule has 0 atom stereocenters. The van der Waals surface area contributed by atoms with E-state index in [0.29, 0.717) is 30.0 Å². The van der Waals surface area contributed by atoms with Gasteiger partial charge in [0.05, 0.1) is 0 Å². The van der Waals surface area contributed by atoms with Crippen LogP contribution in [0, 0.1) is 12.7 Å². The van der Waals surface area contributed by atoms with Crippen LogP contribution in [-0.2, 0) is 6.42 Å². The van der Waals surface area contributed by atoms with Crippen molar-refractivity contribution < 1.29 is 13.7 Å². The zero-order valence-electron chi connectivity index (χ0n) is 17.5. The number of benzene rings is 2. The molecule has 0 aliphatic carbocycles. The van der Waals surface area contributed by atoms with Crippen molar-refractivity contribution in [1.82, 2.24) is 10.5 Å². The fourth-order valence-corrected chi connectivity index (χ4v) is 3.72. The Labute approximate surface area is 189 Å². The van der Waals surface area contributed by atoms with Gasteiger partial charge in [-0.15, -0.1) is 0 Å². The Hall–Kier alpha value is -2.93. The van der Waals surface area contributed by atoms with Crippen molar-refractivity contribution in [2.24, 2.45) is 0 Å². The molecule has 0 saturated heterocycles. The fourth-order valence-electron chi connectivity index (χ4n) is 3.36. The first kappa shape index (κ1) is 22.7. The van der Waals surface area contributed by atoms with Gasteiger partial charge in [-0.25, -0.2) is 4.39 Å². The monoisotopic (exact) mass is 485 g/mol. The third-order valence-electron chi connectivity index (χ3n) is 4.90. The van der Waals surface area contributed by atoms with Gasteiger partial charge in [0.15, 0.2) is 5.69 Å².